The molecule has 0 aliphatic carbocycles. The zero-order valence-corrected chi connectivity index (χ0v) is 14.5. The predicted molar refractivity (Wildman–Crippen MR) is 92.5 cm³/mol. The number of amides is 2. The Balaban J connectivity index is 1.85. The van der Waals surface area contributed by atoms with Crippen molar-refractivity contribution < 1.29 is 18.4 Å². The Hall–Kier alpha value is -2.28. The van der Waals surface area contributed by atoms with Gasteiger partial charge >= 0.3 is 0 Å². The van der Waals surface area contributed by atoms with Gasteiger partial charge in [0.1, 0.15) is 11.6 Å². The number of fused-ring (bicyclic) bond motifs is 1. The standard InChI is InChI=1S/C18H18F2N2O2S/c1-11(23)21-15(17-5-3-7-25-17)10-18(24)22-6-2-4-13-14(20)8-12(19)9-16(13)22/h3,5,7-9,15H,2,4,6,10H2,1H3,(H,21,23). The molecule has 1 atom stereocenters. The fraction of sp³-hybridized carbons (Fsp3) is 0.333. The molecule has 0 bridgehead atoms. The Labute approximate surface area is 148 Å². The Morgan fingerprint density at radius 1 is 1.36 bits per heavy atom. The third-order valence-electron chi connectivity index (χ3n) is 4.18. The molecule has 1 aromatic heterocycles. The number of hydrogen-bond acceptors (Lipinski definition) is 3. The van der Waals surface area contributed by atoms with E-state index in [1.54, 1.807) is 0 Å². The summed E-state index contributed by atoms with van der Waals surface area (Å²) in [6.07, 6.45) is 1.13. The first kappa shape index (κ1) is 17.5. The first-order valence-corrected chi connectivity index (χ1v) is 8.92. The molecule has 1 aromatic carbocycles. The number of rotatable bonds is 4. The number of carbonyl (C=O) groups is 2. The summed E-state index contributed by atoms with van der Waals surface area (Å²) >= 11 is 1.45. The minimum atomic E-state index is -0.701. The number of thiophene rings is 1. The number of carbonyl (C=O) groups excluding carboxylic acids is 2. The summed E-state index contributed by atoms with van der Waals surface area (Å²) in [6, 6.07) is 5.29. The number of nitrogens with zero attached hydrogens (tertiary/aromatic N) is 1. The van der Waals surface area contributed by atoms with Gasteiger partial charge in [-0.05, 0) is 30.4 Å². The molecule has 2 amide bonds. The molecule has 0 fully saturated rings. The van der Waals surface area contributed by atoms with Crippen molar-refractivity contribution in [1.29, 1.82) is 0 Å². The van der Waals surface area contributed by atoms with E-state index in [0.717, 1.165) is 10.9 Å². The van der Waals surface area contributed by atoms with Crippen LogP contribution in [0.15, 0.2) is 29.6 Å². The van der Waals surface area contributed by atoms with Gasteiger partial charge in [0.05, 0.1) is 18.2 Å². The lowest BCUT2D eigenvalue weighted by atomic mass is 9.99. The number of anilines is 1. The maximum absolute atomic E-state index is 14.0. The van der Waals surface area contributed by atoms with Gasteiger partial charge in [0, 0.05) is 30.0 Å². The summed E-state index contributed by atoms with van der Waals surface area (Å²) < 4.78 is 27.6. The van der Waals surface area contributed by atoms with Gasteiger partial charge in [-0.25, -0.2) is 8.78 Å². The summed E-state index contributed by atoms with van der Waals surface area (Å²) in [5.74, 6) is -1.82. The zero-order valence-electron chi connectivity index (χ0n) is 13.7. The molecule has 25 heavy (non-hydrogen) atoms. The van der Waals surface area contributed by atoms with Crippen LogP contribution in [0.4, 0.5) is 14.5 Å². The fourth-order valence-corrected chi connectivity index (χ4v) is 3.89. The quantitative estimate of drug-likeness (QED) is 0.902. The first-order chi connectivity index (χ1) is 12.0. The molecule has 0 saturated heterocycles. The highest BCUT2D eigenvalue weighted by Crippen LogP contribution is 2.32. The molecule has 3 rings (SSSR count). The van der Waals surface area contributed by atoms with E-state index in [1.807, 2.05) is 17.5 Å². The molecular weight excluding hydrogens is 346 g/mol. The monoisotopic (exact) mass is 364 g/mol. The predicted octanol–water partition coefficient (Wildman–Crippen LogP) is 3.57. The van der Waals surface area contributed by atoms with E-state index in [0.29, 0.717) is 30.6 Å². The lowest BCUT2D eigenvalue weighted by Crippen LogP contribution is -2.39. The van der Waals surface area contributed by atoms with E-state index in [1.165, 1.54) is 29.2 Å². The number of halogens is 2. The Morgan fingerprint density at radius 2 is 2.16 bits per heavy atom. The van der Waals surface area contributed by atoms with Gasteiger partial charge in [-0.3, -0.25) is 9.59 Å². The number of benzene rings is 1. The van der Waals surface area contributed by atoms with Gasteiger partial charge < -0.3 is 10.2 Å². The first-order valence-electron chi connectivity index (χ1n) is 8.04. The van der Waals surface area contributed by atoms with Crippen LogP contribution in [0, 0.1) is 11.6 Å². The van der Waals surface area contributed by atoms with Crippen LogP contribution in [-0.2, 0) is 16.0 Å². The van der Waals surface area contributed by atoms with Crippen molar-refractivity contribution >= 4 is 28.8 Å². The van der Waals surface area contributed by atoms with Gasteiger partial charge in [-0.15, -0.1) is 11.3 Å². The highest BCUT2D eigenvalue weighted by Gasteiger charge is 2.28. The van der Waals surface area contributed by atoms with Crippen molar-refractivity contribution in [2.75, 3.05) is 11.4 Å². The van der Waals surface area contributed by atoms with E-state index in [9.17, 15) is 18.4 Å². The Morgan fingerprint density at radius 3 is 2.84 bits per heavy atom. The maximum Gasteiger partial charge on any atom is 0.229 e. The van der Waals surface area contributed by atoms with Crippen LogP contribution in [0.1, 0.15) is 36.2 Å². The zero-order chi connectivity index (χ0) is 18.0. The lowest BCUT2D eigenvalue weighted by Gasteiger charge is -2.31. The van der Waals surface area contributed by atoms with Gasteiger partial charge in [-0.1, -0.05) is 6.07 Å². The minimum Gasteiger partial charge on any atom is -0.348 e. The summed E-state index contributed by atoms with van der Waals surface area (Å²) in [7, 11) is 0. The molecule has 132 valence electrons. The van der Waals surface area contributed by atoms with Crippen LogP contribution >= 0.6 is 11.3 Å². The van der Waals surface area contributed by atoms with Crippen LogP contribution in [0.5, 0.6) is 0 Å². The van der Waals surface area contributed by atoms with Crippen molar-refractivity contribution in [3.63, 3.8) is 0 Å². The van der Waals surface area contributed by atoms with E-state index >= 15 is 0 Å². The second kappa shape index (κ2) is 7.31. The summed E-state index contributed by atoms with van der Waals surface area (Å²) in [6.45, 7) is 1.80. The Bertz CT molecular complexity index is 793. The minimum absolute atomic E-state index is 0.0394. The van der Waals surface area contributed by atoms with Crippen LogP contribution < -0.4 is 10.2 Å². The van der Waals surface area contributed by atoms with Crippen molar-refractivity contribution in [3.05, 3.63) is 51.7 Å². The molecule has 1 aliphatic rings. The molecule has 0 saturated carbocycles. The molecular formula is C18H18F2N2O2S. The van der Waals surface area contributed by atoms with E-state index < -0.39 is 17.7 Å². The smallest absolute Gasteiger partial charge is 0.229 e. The molecule has 1 N–H and O–H groups in total. The van der Waals surface area contributed by atoms with Crippen molar-refractivity contribution in [2.45, 2.75) is 32.2 Å². The molecule has 2 aromatic rings. The fourth-order valence-electron chi connectivity index (χ4n) is 3.11. The molecule has 1 aliphatic heterocycles. The normalized spacial score (nSPS) is 14.8. The average Bonchev–Trinajstić information content (AvgIpc) is 3.07. The highest BCUT2D eigenvalue weighted by molar-refractivity contribution is 7.10. The van der Waals surface area contributed by atoms with Crippen LogP contribution in [0.2, 0.25) is 0 Å². The average molecular weight is 364 g/mol. The van der Waals surface area contributed by atoms with E-state index in [4.69, 9.17) is 0 Å². The molecule has 4 nitrogen and oxygen atoms in total. The summed E-state index contributed by atoms with van der Waals surface area (Å²) in [5.41, 5.74) is 0.662. The molecule has 1 unspecified atom stereocenters. The van der Waals surface area contributed by atoms with Gasteiger partial charge in [0.25, 0.3) is 0 Å². The Kier molecular flexibility index (Phi) is 5.13. The lowest BCUT2D eigenvalue weighted by molar-refractivity contribution is -0.121. The molecule has 7 heteroatoms. The van der Waals surface area contributed by atoms with Gasteiger partial charge in [0.2, 0.25) is 11.8 Å². The van der Waals surface area contributed by atoms with Crippen molar-refractivity contribution in [1.82, 2.24) is 5.32 Å². The molecule has 0 radical (unpaired) electrons. The van der Waals surface area contributed by atoms with Gasteiger partial charge in [-0.2, -0.15) is 0 Å². The number of hydrogen-bond donors (Lipinski definition) is 1. The SMILES string of the molecule is CC(=O)NC(CC(=O)N1CCCc2c(F)cc(F)cc21)c1cccs1. The molecule has 2 heterocycles. The van der Waals surface area contributed by atoms with E-state index in [-0.39, 0.29) is 18.2 Å². The van der Waals surface area contributed by atoms with E-state index in [2.05, 4.69) is 5.32 Å². The second-order valence-corrected chi connectivity index (χ2v) is 6.99. The number of nitrogens with one attached hydrogen (secondary N) is 1. The largest absolute Gasteiger partial charge is 0.348 e. The van der Waals surface area contributed by atoms with Crippen LogP contribution in [-0.4, -0.2) is 18.4 Å². The van der Waals surface area contributed by atoms with Crippen LogP contribution in [0.3, 0.4) is 0 Å². The summed E-state index contributed by atoms with van der Waals surface area (Å²) in [4.78, 5) is 26.6. The van der Waals surface area contributed by atoms with Crippen LogP contribution in [0.25, 0.3) is 0 Å². The highest BCUT2D eigenvalue weighted by atomic mass is 32.1. The van der Waals surface area contributed by atoms with Crippen molar-refractivity contribution in [2.24, 2.45) is 0 Å². The second-order valence-electron chi connectivity index (χ2n) is 6.01. The van der Waals surface area contributed by atoms with Gasteiger partial charge in [0.15, 0.2) is 0 Å². The third kappa shape index (κ3) is 3.87. The maximum atomic E-state index is 14.0. The molecule has 0 spiro atoms. The topological polar surface area (TPSA) is 49.4 Å². The van der Waals surface area contributed by atoms with Crippen molar-refractivity contribution in [3.8, 4) is 0 Å². The summed E-state index contributed by atoms with van der Waals surface area (Å²) in [5, 5.41) is 4.65. The third-order valence-corrected chi connectivity index (χ3v) is 5.17.